The van der Waals surface area contributed by atoms with Crippen LogP contribution in [-0.4, -0.2) is 66.8 Å². The lowest BCUT2D eigenvalue weighted by atomic mass is 10.0. The number of nitrogens with zero attached hydrogens (tertiary/aromatic N) is 8. The minimum Gasteiger partial charge on any atom is -0.397 e. The van der Waals surface area contributed by atoms with Crippen molar-refractivity contribution in [2.45, 2.75) is 19.9 Å². The highest BCUT2D eigenvalue weighted by Crippen LogP contribution is 2.36. The van der Waals surface area contributed by atoms with Gasteiger partial charge in [-0.2, -0.15) is 10.2 Å². The summed E-state index contributed by atoms with van der Waals surface area (Å²) in [7, 11) is 0. The molecule has 0 saturated carbocycles. The molecule has 2 aromatic carbocycles. The van der Waals surface area contributed by atoms with Gasteiger partial charge in [-0.25, -0.2) is 9.97 Å². The molecule has 10 heterocycles. The van der Waals surface area contributed by atoms with E-state index in [1.165, 1.54) is 0 Å². The predicted octanol–water partition coefficient (Wildman–Crippen LogP) is 10.5. The number of aromatic nitrogens is 12. The van der Waals surface area contributed by atoms with Crippen LogP contribution in [0.15, 0.2) is 159 Å². The van der Waals surface area contributed by atoms with Gasteiger partial charge in [-0.1, -0.05) is 43.3 Å². The largest absolute Gasteiger partial charge is 0.397 e. The smallest absolute Gasteiger partial charge is 0.181 e. The fourth-order valence-electron chi connectivity index (χ4n) is 8.36. The summed E-state index contributed by atoms with van der Waals surface area (Å²) >= 11 is 0. The van der Waals surface area contributed by atoms with Gasteiger partial charge < -0.3 is 21.0 Å². The zero-order valence-electron chi connectivity index (χ0n) is 35.8. The quantitative estimate of drug-likeness (QED) is 0.0718. The van der Waals surface area contributed by atoms with Crippen LogP contribution in [0.2, 0.25) is 0 Å². The Morgan fingerprint density at radius 3 is 1.59 bits per heavy atom. The minimum absolute atomic E-state index is 0.614. The van der Waals surface area contributed by atoms with Gasteiger partial charge in [0.15, 0.2) is 11.3 Å². The van der Waals surface area contributed by atoms with Gasteiger partial charge in [0.1, 0.15) is 0 Å². The number of aromatic amines is 4. The molecule has 0 bridgehead atoms. The van der Waals surface area contributed by atoms with E-state index in [2.05, 4.69) is 127 Å². The van der Waals surface area contributed by atoms with Crippen LogP contribution >= 0.6 is 0 Å². The van der Waals surface area contributed by atoms with Gasteiger partial charge in [0.25, 0.3) is 0 Å². The third-order valence-corrected chi connectivity index (χ3v) is 11.5. The zero-order chi connectivity index (χ0) is 44.4. The maximum Gasteiger partial charge on any atom is 0.181 e. The van der Waals surface area contributed by atoms with Crippen molar-refractivity contribution >= 4 is 49.6 Å². The molecule has 0 aliphatic heterocycles. The van der Waals surface area contributed by atoms with Crippen molar-refractivity contribution < 1.29 is 0 Å². The van der Waals surface area contributed by atoms with Crippen molar-refractivity contribution in [2.75, 3.05) is 12.3 Å². The van der Waals surface area contributed by atoms with Crippen LogP contribution in [0.4, 0.5) is 5.69 Å². The first kappa shape index (κ1) is 39.9. The number of benzene rings is 2. The Balaban J connectivity index is 0.000000147. The summed E-state index contributed by atoms with van der Waals surface area (Å²) in [5, 5.41) is 22.7. The van der Waals surface area contributed by atoms with Crippen LogP contribution in [0.3, 0.4) is 0 Å². The van der Waals surface area contributed by atoms with Crippen molar-refractivity contribution in [3.63, 3.8) is 0 Å². The van der Waals surface area contributed by atoms with Gasteiger partial charge in [0, 0.05) is 122 Å². The first-order valence-corrected chi connectivity index (χ1v) is 21.7. The van der Waals surface area contributed by atoms with Crippen molar-refractivity contribution in [1.29, 1.82) is 0 Å². The van der Waals surface area contributed by atoms with E-state index in [0.29, 0.717) is 17.0 Å². The van der Waals surface area contributed by atoms with Gasteiger partial charge in [0.05, 0.1) is 39.9 Å². The molecule has 10 aromatic heterocycles. The molecule has 14 heteroatoms. The average Bonchev–Trinajstić information content (AvgIpc) is 4.19. The lowest BCUT2D eigenvalue weighted by Crippen LogP contribution is -2.13. The fourth-order valence-corrected chi connectivity index (χ4v) is 8.36. The lowest BCUT2D eigenvalue weighted by Gasteiger charge is -2.06. The number of hydrogen-bond acceptors (Lipinski definition) is 10. The summed E-state index contributed by atoms with van der Waals surface area (Å²) in [6, 6.07) is 36.8. The Hall–Kier alpha value is -8.88. The number of anilines is 1. The molecular weight excluding hydrogens is 821 g/mol. The topological polar surface area (TPSA) is 204 Å². The Kier molecular flexibility index (Phi) is 10.5. The zero-order valence-corrected chi connectivity index (χ0v) is 35.8. The van der Waals surface area contributed by atoms with Crippen LogP contribution < -0.4 is 11.1 Å². The van der Waals surface area contributed by atoms with E-state index in [-0.39, 0.29) is 0 Å². The first-order chi connectivity index (χ1) is 32.6. The van der Waals surface area contributed by atoms with Crippen LogP contribution in [-0.2, 0) is 6.54 Å². The van der Waals surface area contributed by atoms with Gasteiger partial charge in [-0.3, -0.25) is 30.1 Å². The standard InChI is InChI=1S/C28H25N7.C24H17N7/c1-2-9-29-14-18-11-19(16-30-15-18)20-12-23-27(34-35-28(23)32-17-20)26-13-22-21(6-5-8-25(22)33-26)24-7-3-4-10-31-24;25-16-8-14(11-26-13-16)15-9-19-23(30-31-24(19)28-12-15)22-10-18-17(4-3-6-21(18)29-22)20-5-1-2-7-27-20/h3-8,10-13,15-17,29,33H,2,9,14H2,1H3,(H,32,34,35);1-13,29H,25H2,(H,28,30,31). The first-order valence-electron chi connectivity index (χ1n) is 21.7. The fraction of sp³-hybridized carbons (Fsp3) is 0.0769. The monoisotopic (exact) mass is 862 g/mol. The molecule has 0 spiro atoms. The number of nitrogen functional groups attached to an aromatic ring is 1. The molecule has 0 aliphatic carbocycles. The van der Waals surface area contributed by atoms with Crippen molar-refractivity contribution in [2.24, 2.45) is 0 Å². The van der Waals surface area contributed by atoms with E-state index in [1.54, 1.807) is 18.6 Å². The summed E-state index contributed by atoms with van der Waals surface area (Å²) < 4.78 is 0. The highest BCUT2D eigenvalue weighted by atomic mass is 15.2. The number of fused-ring (bicyclic) bond motifs is 4. The van der Waals surface area contributed by atoms with Gasteiger partial charge in [-0.15, -0.1) is 0 Å². The Labute approximate surface area is 377 Å². The molecule has 7 N–H and O–H groups in total. The molecule has 12 aromatic rings. The van der Waals surface area contributed by atoms with E-state index >= 15 is 0 Å². The summed E-state index contributed by atoms with van der Waals surface area (Å²) in [6.45, 7) is 3.95. The molecule has 0 saturated heterocycles. The molecule has 66 heavy (non-hydrogen) atoms. The van der Waals surface area contributed by atoms with E-state index in [9.17, 15) is 0 Å². The number of nitrogens with one attached hydrogen (secondary N) is 5. The Bertz CT molecular complexity index is 3640. The normalized spacial score (nSPS) is 11.4. The lowest BCUT2D eigenvalue weighted by molar-refractivity contribution is 0.674. The van der Waals surface area contributed by atoms with E-state index < -0.39 is 0 Å². The Morgan fingerprint density at radius 2 is 1.06 bits per heavy atom. The second kappa shape index (κ2) is 17.4. The molecule has 320 valence electrons. The molecule has 0 radical (unpaired) electrons. The maximum absolute atomic E-state index is 5.90. The number of nitrogens with two attached hydrogens (primary N) is 1. The summed E-state index contributed by atoms with van der Waals surface area (Å²) in [4.78, 5) is 33.9. The molecule has 0 atom stereocenters. The van der Waals surface area contributed by atoms with Crippen LogP contribution in [0.25, 0.3) is 111 Å². The molecule has 0 fully saturated rings. The molecule has 12 rings (SSSR count). The molecule has 14 nitrogen and oxygen atoms in total. The number of H-pyrrole nitrogens is 4. The second-order valence-electron chi connectivity index (χ2n) is 16.0. The average molecular weight is 863 g/mol. The van der Waals surface area contributed by atoms with Crippen LogP contribution in [0, 0.1) is 0 Å². The van der Waals surface area contributed by atoms with Gasteiger partial charge >= 0.3 is 0 Å². The van der Waals surface area contributed by atoms with Crippen molar-refractivity contribution in [3.8, 4) is 67.5 Å². The van der Waals surface area contributed by atoms with Crippen molar-refractivity contribution in [1.82, 2.24) is 65.6 Å². The summed E-state index contributed by atoms with van der Waals surface area (Å²) in [5.74, 6) is 0. The van der Waals surface area contributed by atoms with Gasteiger partial charge in [0.2, 0.25) is 0 Å². The SMILES string of the molecule is CCCNCc1cncc(-c2cnc3n[nH]c(-c4cc5c(-c6ccccn6)cccc5[nH]4)c3c2)c1.Nc1cncc(-c2cnc3n[nH]c(-c4cc5c(-c6ccccn6)cccc5[nH]4)c3c2)c1. The third kappa shape index (κ3) is 7.77. The molecule has 0 amide bonds. The van der Waals surface area contributed by atoms with Gasteiger partial charge in [-0.05, 0) is 91.3 Å². The second-order valence-corrected chi connectivity index (χ2v) is 16.0. The summed E-state index contributed by atoms with van der Waals surface area (Å²) in [6.07, 6.45) is 15.6. The number of pyridine rings is 6. The van der Waals surface area contributed by atoms with Crippen LogP contribution in [0.5, 0.6) is 0 Å². The molecule has 0 unspecified atom stereocenters. The molecular formula is C52H42N14. The summed E-state index contributed by atoms with van der Waals surface area (Å²) in [5.41, 5.74) is 22.7. The molecule has 0 aliphatic rings. The Morgan fingerprint density at radius 1 is 0.515 bits per heavy atom. The van der Waals surface area contributed by atoms with Crippen LogP contribution in [0.1, 0.15) is 18.9 Å². The third-order valence-electron chi connectivity index (χ3n) is 11.5. The maximum atomic E-state index is 5.90. The van der Waals surface area contributed by atoms with E-state index in [4.69, 9.17) is 5.73 Å². The number of rotatable bonds is 10. The van der Waals surface area contributed by atoms with E-state index in [0.717, 1.165) is 125 Å². The highest BCUT2D eigenvalue weighted by Gasteiger charge is 2.17. The highest BCUT2D eigenvalue weighted by molar-refractivity contribution is 6.02. The van der Waals surface area contributed by atoms with Crippen molar-refractivity contribution in [3.05, 3.63) is 164 Å². The minimum atomic E-state index is 0.614. The van der Waals surface area contributed by atoms with E-state index in [1.807, 2.05) is 85.6 Å². The number of hydrogen-bond donors (Lipinski definition) is 6. The predicted molar refractivity (Wildman–Crippen MR) is 262 cm³/mol.